The first-order chi connectivity index (χ1) is 6.11. The maximum Gasteiger partial charge on any atom is 0.224 e. The van der Waals surface area contributed by atoms with Gasteiger partial charge < -0.3 is 10.6 Å². The summed E-state index contributed by atoms with van der Waals surface area (Å²) in [6.45, 7) is 7.13. The van der Waals surface area contributed by atoms with Gasteiger partial charge in [0.25, 0.3) is 0 Å². The summed E-state index contributed by atoms with van der Waals surface area (Å²) in [5.41, 5.74) is 0. The minimum atomic E-state index is 0.163. The quantitative estimate of drug-likeness (QED) is 0.669. The fourth-order valence-corrected chi connectivity index (χ4v) is 1.79. The Morgan fingerprint density at radius 1 is 1.54 bits per heavy atom. The largest absolute Gasteiger partial charge is 0.354 e. The Labute approximate surface area is 80.3 Å². The molecule has 0 aliphatic carbocycles. The lowest BCUT2D eigenvalue weighted by Gasteiger charge is -2.29. The van der Waals surface area contributed by atoms with Gasteiger partial charge in [0.15, 0.2) is 0 Å². The zero-order valence-corrected chi connectivity index (χ0v) is 8.76. The number of rotatable bonds is 2. The lowest BCUT2D eigenvalue weighted by Crippen LogP contribution is -2.48. The van der Waals surface area contributed by atoms with Crippen LogP contribution in [0.3, 0.4) is 0 Å². The van der Waals surface area contributed by atoms with Crippen molar-refractivity contribution in [1.29, 1.82) is 0 Å². The van der Waals surface area contributed by atoms with Gasteiger partial charge in [0.1, 0.15) is 0 Å². The van der Waals surface area contributed by atoms with Crippen molar-refractivity contribution in [1.82, 2.24) is 10.6 Å². The summed E-state index contributed by atoms with van der Waals surface area (Å²) in [6.07, 6.45) is 2.13. The molecule has 0 aromatic carbocycles. The highest BCUT2D eigenvalue weighted by atomic mass is 16.2. The number of amides is 1. The van der Waals surface area contributed by atoms with Crippen molar-refractivity contribution in [2.45, 2.75) is 45.7 Å². The van der Waals surface area contributed by atoms with Crippen molar-refractivity contribution in [3.05, 3.63) is 0 Å². The molecule has 0 aromatic heterocycles. The normalized spacial score (nSPS) is 28.9. The van der Waals surface area contributed by atoms with Gasteiger partial charge in [-0.15, -0.1) is 0 Å². The van der Waals surface area contributed by atoms with Gasteiger partial charge in [0, 0.05) is 12.1 Å². The number of hydrogen-bond donors (Lipinski definition) is 2. The summed E-state index contributed by atoms with van der Waals surface area (Å²) in [5, 5.41) is 6.29. The Bertz CT molecular complexity index is 180. The monoisotopic (exact) mass is 184 g/mol. The topological polar surface area (TPSA) is 41.1 Å². The van der Waals surface area contributed by atoms with Crippen LogP contribution in [0.2, 0.25) is 0 Å². The third-order valence-electron chi connectivity index (χ3n) is 2.53. The molecule has 1 aliphatic rings. The Morgan fingerprint density at radius 2 is 2.23 bits per heavy atom. The highest BCUT2D eigenvalue weighted by molar-refractivity contribution is 5.79. The number of piperidine rings is 1. The van der Waals surface area contributed by atoms with E-state index in [9.17, 15) is 4.79 Å². The molecule has 0 unspecified atom stereocenters. The molecule has 0 radical (unpaired) electrons. The first kappa shape index (κ1) is 10.5. The van der Waals surface area contributed by atoms with Gasteiger partial charge in [0.05, 0.1) is 5.92 Å². The molecule has 1 heterocycles. The lowest BCUT2D eigenvalue weighted by molar-refractivity contribution is -0.127. The number of hydrogen-bond acceptors (Lipinski definition) is 2. The van der Waals surface area contributed by atoms with Crippen molar-refractivity contribution in [3.63, 3.8) is 0 Å². The van der Waals surface area contributed by atoms with Crippen LogP contribution in [0, 0.1) is 5.92 Å². The summed E-state index contributed by atoms with van der Waals surface area (Å²) in [5.74, 6) is 0.367. The molecule has 0 spiro atoms. The molecule has 1 saturated heterocycles. The first-order valence-electron chi connectivity index (χ1n) is 5.15. The SMILES string of the molecule is CC(C)NC(=O)[C@@H]1CCCN[C@@H]1C. The first-order valence-corrected chi connectivity index (χ1v) is 5.15. The van der Waals surface area contributed by atoms with Crippen LogP contribution < -0.4 is 10.6 Å². The fraction of sp³-hybridized carbons (Fsp3) is 0.900. The molecule has 2 atom stereocenters. The molecule has 1 rings (SSSR count). The van der Waals surface area contributed by atoms with Gasteiger partial charge in [-0.25, -0.2) is 0 Å². The highest BCUT2D eigenvalue weighted by Crippen LogP contribution is 2.16. The number of carbonyl (C=O) groups excluding carboxylic acids is 1. The maximum absolute atomic E-state index is 11.7. The van der Waals surface area contributed by atoms with E-state index in [0.717, 1.165) is 19.4 Å². The minimum absolute atomic E-state index is 0.163. The van der Waals surface area contributed by atoms with E-state index in [4.69, 9.17) is 0 Å². The smallest absolute Gasteiger partial charge is 0.224 e. The molecule has 1 amide bonds. The van der Waals surface area contributed by atoms with Crippen LogP contribution in [0.15, 0.2) is 0 Å². The van der Waals surface area contributed by atoms with Gasteiger partial charge in [-0.3, -0.25) is 4.79 Å². The summed E-state index contributed by atoms with van der Waals surface area (Å²) in [6, 6.07) is 0.578. The second kappa shape index (κ2) is 4.61. The average Bonchev–Trinajstić information content (AvgIpc) is 2.03. The second-order valence-corrected chi connectivity index (χ2v) is 4.15. The van der Waals surface area contributed by atoms with E-state index in [-0.39, 0.29) is 17.9 Å². The zero-order valence-electron chi connectivity index (χ0n) is 8.76. The molecule has 2 N–H and O–H groups in total. The standard InChI is InChI=1S/C10H20N2O/c1-7(2)12-10(13)9-5-4-6-11-8(9)3/h7-9,11H,4-6H2,1-3H3,(H,12,13)/t8-,9-/m1/s1. The third-order valence-corrected chi connectivity index (χ3v) is 2.53. The maximum atomic E-state index is 11.7. The molecule has 0 aromatic rings. The van der Waals surface area contributed by atoms with Crippen molar-refractivity contribution in [2.24, 2.45) is 5.92 Å². The minimum Gasteiger partial charge on any atom is -0.354 e. The summed E-state index contributed by atoms with van der Waals surface area (Å²) in [7, 11) is 0. The van der Waals surface area contributed by atoms with E-state index >= 15 is 0 Å². The lowest BCUT2D eigenvalue weighted by atomic mass is 9.91. The van der Waals surface area contributed by atoms with Gasteiger partial charge in [-0.05, 0) is 40.2 Å². The van der Waals surface area contributed by atoms with E-state index < -0.39 is 0 Å². The van der Waals surface area contributed by atoms with Crippen LogP contribution in [-0.2, 0) is 4.79 Å². The van der Waals surface area contributed by atoms with Gasteiger partial charge in [0.2, 0.25) is 5.91 Å². The number of carbonyl (C=O) groups is 1. The van der Waals surface area contributed by atoms with Gasteiger partial charge in [-0.2, -0.15) is 0 Å². The average molecular weight is 184 g/mol. The van der Waals surface area contributed by atoms with Crippen LogP contribution in [0.25, 0.3) is 0 Å². The molecule has 0 saturated carbocycles. The second-order valence-electron chi connectivity index (χ2n) is 4.15. The molecule has 3 nitrogen and oxygen atoms in total. The van der Waals surface area contributed by atoms with E-state index in [1.807, 2.05) is 13.8 Å². The van der Waals surface area contributed by atoms with Gasteiger partial charge >= 0.3 is 0 Å². The van der Waals surface area contributed by atoms with Crippen LogP contribution in [0.4, 0.5) is 0 Å². The van der Waals surface area contributed by atoms with E-state index in [1.54, 1.807) is 0 Å². The van der Waals surface area contributed by atoms with Crippen molar-refractivity contribution < 1.29 is 4.79 Å². The van der Waals surface area contributed by atoms with E-state index in [1.165, 1.54) is 0 Å². The predicted molar refractivity (Wildman–Crippen MR) is 53.5 cm³/mol. The Kier molecular flexibility index (Phi) is 3.72. The molecule has 0 bridgehead atoms. The van der Waals surface area contributed by atoms with E-state index in [2.05, 4.69) is 17.6 Å². The Hall–Kier alpha value is -0.570. The van der Waals surface area contributed by atoms with Crippen molar-refractivity contribution >= 4 is 5.91 Å². The molecular weight excluding hydrogens is 164 g/mol. The molecule has 1 aliphatic heterocycles. The predicted octanol–water partition coefficient (Wildman–Crippen LogP) is 0.899. The van der Waals surface area contributed by atoms with Crippen LogP contribution in [0.1, 0.15) is 33.6 Å². The Balaban J connectivity index is 2.44. The molecular formula is C10H20N2O. The highest BCUT2D eigenvalue weighted by Gasteiger charge is 2.27. The van der Waals surface area contributed by atoms with Crippen LogP contribution in [0.5, 0.6) is 0 Å². The summed E-state index contributed by atoms with van der Waals surface area (Å²) < 4.78 is 0. The van der Waals surface area contributed by atoms with Crippen LogP contribution >= 0.6 is 0 Å². The van der Waals surface area contributed by atoms with Crippen LogP contribution in [-0.4, -0.2) is 24.5 Å². The number of nitrogens with one attached hydrogen (secondary N) is 2. The van der Waals surface area contributed by atoms with Crippen molar-refractivity contribution in [3.8, 4) is 0 Å². The fourth-order valence-electron chi connectivity index (χ4n) is 1.79. The molecule has 3 heteroatoms. The molecule has 76 valence electrons. The van der Waals surface area contributed by atoms with Crippen molar-refractivity contribution in [2.75, 3.05) is 6.54 Å². The third kappa shape index (κ3) is 2.99. The summed E-state index contributed by atoms with van der Waals surface area (Å²) in [4.78, 5) is 11.7. The molecule has 1 fully saturated rings. The zero-order chi connectivity index (χ0) is 9.84. The summed E-state index contributed by atoms with van der Waals surface area (Å²) >= 11 is 0. The Morgan fingerprint density at radius 3 is 2.77 bits per heavy atom. The molecule has 13 heavy (non-hydrogen) atoms. The van der Waals surface area contributed by atoms with E-state index in [0.29, 0.717) is 6.04 Å². The van der Waals surface area contributed by atoms with Gasteiger partial charge in [-0.1, -0.05) is 0 Å².